The molecule has 0 unspecified atom stereocenters. The van der Waals surface area contributed by atoms with E-state index in [1.165, 1.54) is 0 Å². The Hall–Kier alpha value is -1.97. The summed E-state index contributed by atoms with van der Waals surface area (Å²) in [5, 5.41) is 2.92. The number of ether oxygens (including phenoxy) is 2. The summed E-state index contributed by atoms with van der Waals surface area (Å²) in [6.07, 6.45) is 4.88. The molecule has 1 aliphatic heterocycles. The van der Waals surface area contributed by atoms with Gasteiger partial charge in [0.05, 0.1) is 0 Å². The number of fused-ring (bicyclic) bond motifs is 1. The average Bonchev–Trinajstić information content (AvgIpc) is 2.45. The summed E-state index contributed by atoms with van der Waals surface area (Å²) in [5.74, 6) is 1.68. The van der Waals surface area contributed by atoms with Crippen LogP contribution in [0.4, 0.5) is 0 Å². The molecule has 21 heavy (non-hydrogen) atoms. The highest BCUT2D eigenvalue weighted by molar-refractivity contribution is 5.81. The first-order valence-corrected chi connectivity index (χ1v) is 7.31. The first-order valence-electron chi connectivity index (χ1n) is 7.31. The molecule has 0 spiro atoms. The molecule has 0 atom stereocenters. The van der Waals surface area contributed by atoms with Crippen molar-refractivity contribution in [3.8, 4) is 11.5 Å². The van der Waals surface area contributed by atoms with Crippen LogP contribution in [0, 0.1) is 5.41 Å². The highest BCUT2D eigenvalue weighted by Crippen LogP contribution is 2.31. The average molecular weight is 289 g/mol. The van der Waals surface area contributed by atoms with Crippen molar-refractivity contribution in [2.75, 3.05) is 19.8 Å². The van der Waals surface area contributed by atoms with E-state index < -0.39 is 0 Å². The second-order valence-electron chi connectivity index (χ2n) is 6.10. The standard InChI is InChI=1S/C17H23NO3/c1-17(2,3)16(19)18-9-5-4-6-13-7-8-14-15(12-13)21-11-10-20-14/h4,6-8,12H,5,9-11H2,1-3H3,(H,18,19)/b6-4+. The van der Waals surface area contributed by atoms with Gasteiger partial charge in [-0.2, -0.15) is 0 Å². The van der Waals surface area contributed by atoms with Gasteiger partial charge < -0.3 is 14.8 Å². The maximum absolute atomic E-state index is 11.7. The molecule has 1 aromatic rings. The maximum atomic E-state index is 11.7. The predicted octanol–water partition coefficient (Wildman–Crippen LogP) is 3.02. The third kappa shape index (κ3) is 4.52. The van der Waals surface area contributed by atoms with Crippen LogP contribution in [0.1, 0.15) is 32.8 Å². The minimum Gasteiger partial charge on any atom is -0.486 e. The van der Waals surface area contributed by atoms with Crippen LogP contribution in [0.2, 0.25) is 0 Å². The van der Waals surface area contributed by atoms with Gasteiger partial charge in [-0.25, -0.2) is 0 Å². The van der Waals surface area contributed by atoms with Crippen LogP contribution in [-0.4, -0.2) is 25.7 Å². The molecule has 0 fully saturated rings. The van der Waals surface area contributed by atoms with Crippen LogP contribution in [0.15, 0.2) is 24.3 Å². The fourth-order valence-electron chi connectivity index (χ4n) is 1.92. The lowest BCUT2D eigenvalue weighted by molar-refractivity contribution is -0.128. The third-order valence-corrected chi connectivity index (χ3v) is 3.15. The number of rotatable bonds is 4. The maximum Gasteiger partial charge on any atom is 0.225 e. The van der Waals surface area contributed by atoms with Crippen molar-refractivity contribution in [3.05, 3.63) is 29.8 Å². The van der Waals surface area contributed by atoms with E-state index >= 15 is 0 Å². The first kappa shape index (κ1) is 15.4. The number of carbonyl (C=O) groups excluding carboxylic acids is 1. The second kappa shape index (κ2) is 6.66. The minimum atomic E-state index is -0.334. The summed E-state index contributed by atoms with van der Waals surface area (Å²) in [6, 6.07) is 5.89. The molecule has 0 saturated carbocycles. The van der Waals surface area contributed by atoms with E-state index in [1.54, 1.807) is 0 Å². The lowest BCUT2D eigenvalue weighted by atomic mass is 9.96. The number of hydrogen-bond acceptors (Lipinski definition) is 3. The van der Waals surface area contributed by atoms with Gasteiger partial charge >= 0.3 is 0 Å². The van der Waals surface area contributed by atoms with Crippen LogP contribution in [0.25, 0.3) is 6.08 Å². The molecule has 114 valence electrons. The van der Waals surface area contributed by atoms with Crippen LogP contribution in [0.3, 0.4) is 0 Å². The van der Waals surface area contributed by atoms with Crippen molar-refractivity contribution in [2.45, 2.75) is 27.2 Å². The lowest BCUT2D eigenvalue weighted by Crippen LogP contribution is -2.35. The zero-order chi connectivity index (χ0) is 15.3. The van der Waals surface area contributed by atoms with E-state index in [2.05, 4.69) is 5.32 Å². The van der Waals surface area contributed by atoms with E-state index in [0.29, 0.717) is 19.8 Å². The highest BCUT2D eigenvalue weighted by atomic mass is 16.6. The van der Waals surface area contributed by atoms with E-state index in [1.807, 2.05) is 51.1 Å². The lowest BCUT2D eigenvalue weighted by Gasteiger charge is -2.18. The van der Waals surface area contributed by atoms with Crippen LogP contribution < -0.4 is 14.8 Å². The molecule has 1 amide bonds. The normalized spacial score (nSPS) is 14.2. The molecule has 4 nitrogen and oxygen atoms in total. The molecule has 0 saturated heterocycles. The minimum absolute atomic E-state index is 0.0789. The quantitative estimate of drug-likeness (QED) is 0.867. The molecule has 4 heteroatoms. The zero-order valence-electron chi connectivity index (χ0n) is 12.9. The molecule has 0 radical (unpaired) electrons. The Bertz CT molecular complexity index is 529. The molecule has 0 aromatic heterocycles. The van der Waals surface area contributed by atoms with Crippen LogP contribution in [0.5, 0.6) is 11.5 Å². The number of nitrogens with one attached hydrogen (secondary N) is 1. The Morgan fingerprint density at radius 3 is 2.67 bits per heavy atom. The Kier molecular flexibility index (Phi) is 4.89. The van der Waals surface area contributed by atoms with E-state index in [0.717, 1.165) is 23.5 Å². The molecule has 1 N–H and O–H groups in total. The summed E-state index contributed by atoms with van der Waals surface area (Å²) in [7, 11) is 0. The summed E-state index contributed by atoms with van der Waals surface area (Å²) in [5.41, 5.74) is 0.737. The van der Waals surface area contributed by atoms with E-state index in [4.69, 9.17) is 9.47 Å². The Balaban J connectivity index is 1.81. The summed E-state index contributed by atoms with van der Waals surface area (Å²) >= 11 is 0. The van der Waals surface area contributed by atoms with Crippen LogP contribution >= 0.6 is 0 Å². The Labute approximate surface area is 126 Å². The van der Waals surface area contributed by atoms with Gasteiger partial charge in [0.2, 0.25) is 5.91 Å². The highest BCUT2D eigenvalue weighted by Gasteiger charge is 2.19. The van der Waals surface area contributed by atoms with Crippen molar-refractivity contribution >= 4 is 12.0 Å². The molecule has 2 rings (SSSR count). The van der Waals surface area contributed by atoms with Crippen molar-refractivity contribution in [1.29, 1.82) is 0 Å². The first-order chi connectivity index (χ1) is 9.97. The summed E-state index contributed by atoms with van der Waals surface area (Å²) in [4.78, 5) is 11.7. The number of benzene rings is 1. The Morgan fingerprint density at radius 2 is 1.95 bits per heavy atom. The summed E-state index contributed by atoms with van der Waals surface area (Å²) < 4.78 is 11.0. The molecular weight excluding hydrogens is 266 g/mol. The number of amides is 1. The van der Waals surface area contributed by atoms with Crippen molar-refractivity contribution in [2.24, 2.45) is 5.41 Å². The van der Waals surface area contributed by atoms with E-state index in [9.17, 15) is 4.79 Å². The van der Waals surface area contributed by atoms with Gasteiger partial charge in [-0.05, 0) is 24.1 Å². The largest absolute Gasteiger partial charge is 0.486 e. The monoisotopic (exact) mass is 289 g/mol. The predicted molar refractivity (Wildman–Crippen MR) is 83.5 cm³/mol. The van der Waals surface area contributed by atoms with Gasteiger partial charge in [0.15, 0.2) is 11.5 Å². The van der Waals surface area contributed by atoms with Gasteiger partial charge in [0.1, 0.15) is 13.2 Å². The zero-order valence-corrected chi connectivity index (χ0v) is 12.9. The fraction of sp³-hybridized carbons (Fsp3) is 0.471. The van der Waals surface area contributed by atoms with Crippen molar-refractivity contribution < 1.29 is 14.3 Å². The topological polar surface area (TPSA) is 47.6 Å². The third-order valence-electron chi connectivity index (χ3n) is 3.15. The van der Waals surface area contributed by atoms with Crippen molar-refractivity contribution in [1.82, 2.24) is 5.32 Å². The summed E-state index contributed by atoms with van der Waals surface area (Å²) in [6.45, 7) is 7.58. The van der Waals surface area contributed by atoms with Crippen molar-refractivity contribution in [3.63, 3.8) is 0 Å². The number of hydrogen-bond donors (Lipinski definition) is 1. The molecule has 0 aliphatic carbocycles. The Morgan fingerprint density at radius 1 is 1.24 bits per heavy atom. The molecule has 1 heterocycles. The molecule has 1 aromatic carbocycles. The van der Waals surface area contributed by atoms with Gasteiger partial charge in [-0.1, -0.05) is 39.0 Å². The molecule has 1 aliphatic rings. The fourth-order valence-corrected chi connectivity index (χ4v) is 1.92. The second-order valence-corrected chi connectivity index (χ2v) is 6.10. The van der Waals surface area contributed by atoms with Gasteiger partial charge in [-0.3, -0.25) is 4.79 Å². The number of carbonyl (C=O) groups is 1. The SMILES string of the molecule is CC(C)(C)C(=O)NCC/C=C/c1ccc2c(c1)OCCO2. The van der Waals surface area contributed by atoms with Gasteiger partial charge in [0, 0.05) is 12.0 Å². The van der Waals surface area contributed by atoms with Gasteiger partial charge in [0.25, 0.3) is 0 Å². The molecular formula is C17H23NO3. The van der Waals surface area contributed by atoms with Crippen LogP contribution in [-0.2, 0) is 4.79 Å². The molecule has 0 bridgehead atoms. The van der Waals surface area contributed by atoms with E-state index in [-0.39, 0.29) is 11.3 Å². The van der Waals surface area contributed by atoms with Gasteiger partial charge in [-0.15, -0.1) is 0 Å². The smallest absolute Gasteiger partial charge is 0.225 e.